The van der Waals surface area contributed by atoms with Crippen LogP contribution in [-0.2, 0) is 0 Å². The first-order chi connectivity index (χ1) is 13.6. The van der Waals surface area contributed by atoms with Crippen LogP contribution in [0.4, 0.5) is 0 Å². The lowest BCUT2D eigenvalue weighted by atomic mass is 9.68. The van der Waals surface area contributed by atoms with Gasteiger partial charge in [-0.3, -0.25) is 0 Å². The van der Waals surface area contributed by atoms with E-state index in [0.29, 0.717) is 11.8 Å². The molecule has 0 aromatic heterocycles. The van der Waals surface area contributed by atoms with Gasteiger partial charge in [0.15, 0.2) is 0 Å². The van der Waals surface area contributed by atoms with Crippen molar-refractivity contribution in [1.29, 1.82) is 10.5 Å². The van der Waals surface area contributed by atoms with Crippen molar-refractivity contribution in [1.82, 2.24) is 0 Å². The lowest BCUT2D eigenvalue weighted by Gasteiger charge is -2.34. The lowest BCUT2D eigenvalue weighted by Crippen LogP contribution is -2.29. The summed E-state index contributed by atoms with van der Waals surface area (Å²) in [6, 6.07) is 5.15. The van der Waals surface area contributed by atoms with E-state index in [-0.39, 0.29) is 23.7 Å². The molecular weight excluding hydrogens is 340 g/mol. The SMILES string of the molecule is CC1CCC(/C=C/C2CC(C#N)C(/C=C/C3CCC(C)CC3)CC2C#N)CC1. The number of hydrogen-bond acceptors (Lipinski definition) is 2. The molecule has 0 radical (unpaired) electrons. The van der Waals surface area contributed by atoms with E-state index in [1.807, 2.05) is 0 Å². The fraction of sp³-hybridized carbons (Fsp3) is 0.769. The fourth-order valence-electron chi connectivity index (χ4n) is 5.54. The van der Waals surface area contributed by atoms with Crippen molar-refractivity contribution >= 4 is 0 Å². The second-order valence-corrected chi connectivity index (χ2v) is 10.1. The standard InChI is InChI=1S/C26H38N2/c1-19-3-7-21(8-4-19)11-13-23-15-26(18-28)24(16-25(23)17-27)14-12-22-9-5-20(2)6-10-22/h11-14,19-26H,3-10,15-16H2,1-2H3/b13-11+,14-12+. The summed E-state index contributed by atoms with van der Waals surface area (Å²) in [5.41, 5.74) is 0. The van der Waals surface area contributed by atoms with E-state index in [1.165, 1.54) is 51.4 Å². The van der Waals surface area contributed by atoms with Crippen LogP contribution in [0.3, 0.4) is 0 Å². The van der Waals surface area contributed by atoms with Crippen LogP contribution in [0.2, 0.25) is 0 Å². The fourth-order valence-corrected chi connectivity index (χ4v) is 5.54. The Bertz CT molecular complexity index is 562. The highest BCUT2D eigenvalue weighted by Crippen LogP contribution is 2.40. The first kappa shape index (κ1) is 21.2. The lowest BCUT2D eigenvalue weighted by molar-refractivity contribution is 0.239. The molecule has 0 spiro atoms. The minimum Gasteiger partial charge on any atom is -0.198 e. The highest BCUT2D eigenvalue weighted by molar-refractivity contribution is 5.12. The molecule has 3 aliphatic rings. The van der Waals surface area contributed by atoms with Crippen molar-refractivity contribution in [2.45, 2.75) is 78.1 Å². The van der Waals surface area contributed by atoms with Crippen LogP contribution >= 0.6 is 0 Å². The van der Waals surface area contributed by atoms with Crippen LogP contribution in [0.15, 0.2) is 24.3 Å². The molecule has 3 fully saturated rings. The molecule has 3 aliphatic carbocycles. The van der Waals surface area contributed by atoms with Crippen molar-refractivity contribution < 1.29 is 0 Å². The summed E-state index contributed by atoms with van der Waals surface area (Å²) in [7, 11) is 0. The number of rotatable bonds is 4. The van der Waals surface area contributed by atoms with Gasteiger partial charge in [0.25, 0.3) is 0 Å². The smallest absolute Gasteiger partial charge is 0.0662 e. The third-order valence-electron chi connectivity index (χ3n) is 7.80. The molecule has 0 amide bonds. The summed E-state index contributed by atoms with van der Waals surface area (Å²) in [6.45, 7) is 4.71. The van der Waals surface area contributed by atoms with E-state index < -0.39 is 0 Å². The third-order valence-corrected chi connectivity index (χ3v) is 7.80. The molecule has 0 aromatic carbocycles. The quantitative estimate of drug-likeness (QED) is 0.492. The number of nitriles is 2. The van der Waals surface area contributed by atoms with E-state index >= 15 is 0 Å². The van der Waals surface area contributed by atoms with Gasteiger partial charge in [0, 0.05) is 0 Å². The zero-order valence-corrected chi connectivity index (χ0v) is 17.9. The minimum absolute atomic E-state index is 0.0596. The predicted octanol–water partition coefficient (Wildman–Crippen LogP) is 7.06. The zero-order valence-electron chi connectivity index (χ0n) is 17.9. The van der Waals surface area contributed by atoms with Gasteiger partial charge in [-0.25, -0.2) is 0 Å². The van der Waals surface area contributed by atoms with Gasteiger partial charge in [0.2, 0.25) is 0 Å². The number of allylic oxidation sites excluding steroid dienone is 4. The monoisotopic (exact) mass is 378 g/mol. The van der Waals surface area contributed by atoms with Gasteiger partial charge >= 0.3 is 0 Å². The molecule has 3 rings (SSSR count). The minimum atomic E-state index is 0.0596. The van der Waals surface area contributed by atoms with E-state index in [9.17, 15) is 10.5 Å². The number of nitrogens with zero attached hydrogens (tertiary/aromatic N) is 2. The summed E-state index contributed by atoms with van der Waals surface area (Å²) in [6.07, 6.45) is 21.5. The average molecular weight is 379 g/mol. The maximum absolute atomic E-state index is 9.77. The van der Waals surface area contributed by atoms with Crippen LogP contribution in [-0.4, -0.2) is 0 Å². The Morgan fingerprint density at radius 1 is 0.571 bits per heavy atom. The largest absolute Gasteiger partial charge is 0.198 e. The Morgan fingerprint density at radius 2 is 0.929 bits per heavy atom. The maximum Gasteiger partial charge on any atom is 0.0662 e. The van der Waals surface area contributed by atoms with Crippen LogP contribution in [0.1, 0.15) is 78.1 Å². The second kappa shape index (κ2) is 10.3. The number of hydrogen-bond donors (Lipinski definition) is 0. The Balaban J connectivity index is 1.58. The van der Waals surface area contributed by atoms with Crippen LogP contribution in [0.5, 0.6) is 0 Å². The van der Waals surface area contributed by atoms with E-state index in [2.05, 4.69) is 50.3 Å². The maximum atomic E-state index is 9.77. The molecule has 4 unspecified atom stereocenters. The molecule has 28 heavy (non-hydrogen) atoms. The van der Waals surface area contributed by atoms with Crippen LogP contribution < -0.4 is 0 Å². The molecule has 152 valence electrons. The molecule has 0 saturated heterocycles. The predicted molar refractivity (Wildman–Crippen MR) is 115 cm³/mol. The first-order valence-corrected chi connectivity index (χ1v) is 11.7. The van der Waals surface area contributed by atoms with Gasteiger partial charge in [0.05, 0.1) is 24.0 Å². The highest BCUT2D eigenvalue weighted by atomic mass is 14.4. The molecular formula is C26H38N2. The van der Waals surface area contributed by atoms with Crippen molar-refractivity contribution in [3.8, 4) is 12.1 Å². The Hall–Kier alpha value is -1.54. The van der Waals surface area contributed by atoms with Crippen LogP contribution in [0, 0.1) is 70.0 Å². The van der Waals surface area contributed by atoms with Gasteiger partial charge in [-0.15, -0.1) is 0 Å². The molecule has 0 aliphatic heterocycles. The van der Waals surface area contributed by atoms with Gasteiger partial charge in [0.1, 0.15) is 0 Å². The van der Waals surface area contributed by atoms with Gasteiger partial charge in [-0.1, -0.05) is 63.8 Å². The van der Waals surface area contributed by atoms with Gasteiger partial charge in [-0.2, -0.15) is 10.5 Å². The van der Waals surface area contributed by atoms with Crippen molar-refractivity contribution in [2.24, 2.45) is 47.3 Å². The highest BCUT2D eigenvalue weighted by Gasteiger charge is 2.35. The topological polar surface area (TPSA) is 47.6 Å². The molecule has 3 saturated carbocycles. The summed E-state index contributed by atoms with van der Waals surface area (Å²) in [5.74, 6) is 3.74. The second-order valence-electron chi connectivity index (χ2n) is 10.1. The van der Waals surface area contributed by atoms with E-state index in [0.717, 1.165) is 24.7 Å². The molecule has 2 heteroatoms. The normalized spacial score (nSPS) is 42.3. The molecule has 0 bridgehead atoms. The van der Waals surface area contributed by atoms with E-state index in [4.69, 9.17) is 0 Å². The summed E-state index contributed by atoms with van der Waals surface area (Å²) in [5, 5.41) is 19.5. The van der Waals surface area contributed by atoms with Crippen LogP contribution in [0.25, 0.3) is 0 Å². The Morgan fingerprint density at radius 3 is 1.25 bits per heavy atom. The van der Waals surface area contributed by atoms with Crippen molar-refractivity contribution in [3.63, 3.8) is 0 Å². The Kier molecular flexibility index (Phi) is 7.79. The first-order valence-electron chi connectivity index (χ1n) is 11.7. The summed E-state index contributed by atoms with van der Waals surface area (Å²) >= 11 is 0. The zero-order chi connectivity index (χ0) is 19.9. The molecule has 0 N–H and O–H groups in total. The third kappa shape index (κ3) is 5.73. The molecule has 0 aromatic rings. The van der Waals surface area contributed by atoms with Crippen molar-refractivity contribution in [3.05, 3.63) is 24.3 Å². The van der Waals surface area contributed by atoms with Crippen molar-refractivity contribution in [2.75, 3.05) is 0 Å². The Labute approximate surface area is 172 Å². The summed E-state index contributed by atoms with van der Waals surface area (Å²) in [4.78, 5) is 0. The average Bonchev–Trinajstić information content (AvgIpc) is 2.72. The molecule has 2 nitrogen and oxygen atoms in total. The van der Waals surface area contributed by atoms with Gasteiger partial charge in [-0.05, 0) is 74.0 Å². The molecule has 4 atom stereocenters. The van der Waals surface area contributed by atoms with E-state index in [1.54, 1.807) is 0 Å². The molecule has 0 heterocycles. The summed E-state index contributed by atoms with van der Waals surface area (Å²) < 4.78 is 0. The van der Waals surface area contributed by atoms with Gasteiger partial charge < -0.3 is 0 Å².